The smallest absolute Gasteiger partial charge is 0.274 e. The summed E-state index contributed by atoms with van der Waals surface area (Å²) in [5.74, 6) is 0.243. The number of nitrogen functional groups attached to an aromatic ring is 1. The molecule has 3 heterocycles. The minimum absolute atomic E-state index is 0.0154. The van der Waals surface area contributed by atoms with Gasteiger partial charge in [0.15, 0.2) is 34.5 Å². The molecule has 3 aromatic heterocycles. The fraction of sp³-hybridized carbons (Fsp3) is 0.105. The summed E-state index contributed by atoms with van der Waals surface area (Å²) < 4.78 is 1.51. The number of anilines is 3. The van der Waals surface area contributed by atoms with Gasteiger partial charge in [-0.1, -0.05) is 17.7 Å². The Bertz CT molecular complexity index is 1330. The van der Waals surface area contributed by atoms with Gasteiger partial charge in [0.05, 0.1) is 12.2 Å². The molecule has 0 aliphatic carbocycles. The fourth-order valence-electron chi connectivity index (χ4n) is 2.81. The molecular weight excluding hydrogens is 420 g/mol. The third-order valence-electron chi connectivity index (χ3n) is 4.25. The minimum atomic E-state index is -0.598. The van der Waals surface area contributed by atoms with E-state index in [0.29, 0.717) is 22.3 Å². The Hall–Kier alpha value is -4.30. The van der Waals surface area contributed by atoms with Crippen molar-refractivity contribution in [1.29, 1.82) is 5.26 Å². The van der Waals surface area contributed by atoms with E-state index in [1.54, 1.807) is 31.2 Å². The number of aromatic nitrogens is 6. The number of hydrogen-bond donors (Lipinski definition) is 3. The van der Waals surface area contributed by atoms with E-state index in [1.807, 2.05) is 18.2 Å². The van der Waals surface area contributed by atoms with Crippen molar-refractivity contribution in [2.24, 2.45) is 0 Å². The molecule has 0 aliphatic rings. The predicted octanol–water partition coefficient (Wildman–Crippen LogP) is 2.26. The molecule has 0 bridgehead atoms. The lowest BCUT2D eigenvalue weighted by molar-refractivity contribution is 0.0933. The lowest BCUT2D eigenvalue weighted by Crippen LogP contribution is -2.30. The summed E-state index contributed by atoms with van der Waals surface area (Å²) in [6, 6.07) is 11.9. The largest absolute Gasteiger partial charge is 0.382 e. The second kappa shape index (κ2) is 8.21. The van der Waals surface area contributed by atoms with Crippen LogP contribution in [0.25, 0.3) is 5.65 Å². The first-order valence-electron chi connectivity index (χ1n) is 9.03. The van der Waals surface area contributed by atoms with Crippen molar-refractivity contribution in [1.82, 2.24) is 35.1 Å². The molecule has 12 heteroatoms. The van der Waals surface area contributed by atoms with Crippen LogP contribution < -0.4 is 16.4 Å². The van der Waals surface area contributed by atoms with Crippen molar-refractivity contribution in [3.05, 3.63) is 64.8 Å². The van der Waals surface area contributed by atoms with E-state index in [1.165, 1.54) is 10.7 Å². The number of nitrogens with zero attached hydrogens (tertiary/aromatic N) is 7. The van der Waals surface area contributed by atoms with Crippen LogP contribution in [0, 0.1) is 11.3 Å². The topological polar surface area (TPSA) is 160 Å². The third-order valence-corrected chi connectivity index (χ3v) is 4.48. The molecule has 0 fully saturated rings. The highest BCUT2D eigenvalue weighted by molar-refractivity contribution is 6.30. The van der Waals surface area contributed by atoms with Crippen molar-refractivity contribution >= 4 is 40.5 Å². The Balaban J connectivity index is 1.59. The van der Waals surface area contributed by atoms with E-state index >= 15 is 0 Å². The van der Waals surface area contributed by atoms with Gasteiger partial charge in [-0.3, -0.25) is 4.79 Å². The van der Waals surface area contributed by atoms with E-state index in [2.05, 4.69) is 35.9 Å². The van der Waals surface area contributed by atoms with Crippen molar-refractivity contribution in [2.45, 2.75) is 13.0 Å². The fourth-order valence-corrected chi connectivity index (χ4v) is 3.00. The molecule has 154 valence electrons. The molecule has 1 atom stereocenters. The molecule has 0 saturated heterocycles. The van der Waals surface area contributed by atoms with Crippen LogP contribution in [0.3, 0.4) is 0 Å². The van der Waals surface area contributed by atoms with Gasteiger partial charge < -0.3 is 16.4 Å². The standard InChI is InChI=1S/C19H15ClN10O/c1-10(24-19(31)16-17(22)23-9-13(8-21)26-16)18-28-27-15-6-5-14(29-30(15)18)25-12-4-2-3-11(20)7-12/h2-7,9-10H,1H3,(H2,22,23)(H,24,31)(H,25,29)/t10-/m1/s1. The van der Waals surface area contributed by atoms with Crippen LogP contribution in [0.1, 0.15) is 35.0 Å². The summed E-state index contributed by atoms with van der Waals surface area (Å²) in [4.78, 5) is 20.3. The lowest BCUT2D eigenvalue weighted by atomic mass is 10.3. The first-order chi connectivity index (χ1) is 14.9. The number of hydrogen-bond acceptors (Lipinski definition) is 9. The van der Waals surface area contributed by atoms with E-state index in [-0.39, 0.29) is 17.2 Å². The number of nitrogens with two attached hydrogens (primary N) is 1. The molecular formula is C19H15ClN10O. The average Bonchev–Trinajstić information content (AvgIpc) is 3.17. The number of carbonyl (C=O) groups excluding carboxylic acids is 1. The molecule has 11 nitrogen and oxygen atoms in total. The Morgan fingerprint density at radius 3 is 2.90 bits per heavy atom. The van der Waals surface area contributed by atoms with Gasteiger partial charge in [-0.25, -0.2) is 9.97 Å². The van der Waals surface area contributed by atoms with Crippen LogP contribution in [-0.2, 0) is 0 Å². The molecule has 4 N–H and O–H groups in total. The van der Waals surface area contributed by atoms with Crippen molar-refractivity contribution in [2.75, 3.05) is 11.1 Å². The van der Waals surface area contributed by atoms with Gasteiger partial charge in [0.2, 0.25) is 0 Å². The minimum Gasteiger partial charge on any atom is -0.382 e. The number of nitrogens with one attached hydrogen (secondary N) is 2. The number of fused-ring (bicyclic) bond motifs is 1. The van der Waals surface area contributed by atoms with E-state index in [0.717, 1.165) is 5.69 Å². The monoisotopic (exact) mass is 434 g/mol. The Morgan fingerprint density at radius 2 is 2.13 bits per heavy atom. The van der Waals surface area contributed by atoms with Crippen LogP contribution in [0.5, 0.6) is 0 Å². The molecule has 0 radical (unpaired) electrons. The maximum Gasteiger partial charge on any atom is 0.274 e. The maximum atomic E-state index is 12.6. The molecule has 4 rings (SSSR count). The van der Waals surface area contributed by atoms with Gasteiger partial charge in [-0.15, -0.1) is 15.3 Å². The van der Waals surface area contributed by atoms with Crippen LogP contribution >= 0.6 is 11.6 Å². The third kappa shape index (κ3) is 4.19. The van der Waals surface area contributed by atoms with Gasteiger partial charge in [-0.2, -0.15) is 9.78 Å². The number of benzene rings is 1. The first-order valence-corrected chi connectivity index (χ1v) is 9.41. The molecule has 1 amide bonds. The highest BCUT2D eigenvalue weighted by Crippen LogP contribution is 2.20. The highest BCUT2D eigenvalue weighted by atomic mass is 35.5. The summed E-state index contributed by atoms with van der Waals surface area (Å²) >= 11 is 6.02. The van der Waals surface area contributed by atoms with Crippen LogP contribution in [0.4, 0.5) is 17.3 Å². The molecule has 0 saturated carbocycles. The van der Waals surface area contributed by atoms with Gasteiger partial charge in [0, 0.05) is 10.7 Å². The zero-order chi connectivity index (χ0) is 22.0. The summed E-state index contributed by atoms with van der Waals surface area (Å²) in [6.07, 6.45) is 1.19. The van der Waals surface area contributed by atoms with Gasteiger partial charge in [-0.05, 0) is 37.3 Å². The van der Waals surface area contributed by atoms with Gasteiger partial charge in [0.1, 0.15) is 6.07 Å². The predicted molar refractivity (Wildman–Crippen MR) is 113 cm³/mol. The highest BCUT2D eigenvalue weighted by Gasteiger charge is 2.21. The zero-order valence-electron chi connectivity index (χ0n) is 16.1. The van der Waals surface area contributed by atoms with E-state index < -0.39 is 11.9 Å². The Labute approximate surface area is 180 Å². The van der Waals surface area contributed by atoms with Crippen LogP contribution in [0.2, 0.25) is 5.02 Å². The SMILES string of the molecule is C[C@@H](NC(=O)c1nc(C#N)cnc1N)c1nnc2ccc(Nc3cccc(Cl)c3)nn12. The van der Waals surface area contributed by atoms with Crippen LogP contribution in [-0.4, -0.2) is 35.7 Å². The second-order valence-electron chi connectivity index (χ2n) is 6.48. The Kier molecular flexibility index (Phi) is 5.30. The number of halogens is 1. The summed E-state index contributed by atoms with van der Waals surface area (Å²) in [5.41, 5.74) is 6.83. The summed E-state index contributed by atoms with van der Waals surface area (Å²) in [7, 11) is 0. The summed E-state index contributed by atoms with van der Waals surface area (Å²) in [6.45, 7) is 1.71. The molecule has 0 spiro atoms. The molecule has 4 aromatic rings. The van der Waals surface area contributed by atoms with Crippen molar-refractivity contribution in [3.63, 3.8) is 0 Å². The maximum absolute atomic E-state index is 12.6. The average molecular weight is 435 g/mol. The Morgan fingerprint density at radius 1 is 1.29 bits per heavy atom. The number of nitriles is 1. The van der Waals surface area contributed by atoms with E-state index in [4.69, 9.17) is 22.6 Å². The molecule has 0 unspecified atom stereocenters. The second-order valence-corrected chi connectivity index (χ2v) is 6.91. The molecule has 0 aliphatic heterocycles. The van der Waals surface area contributed by atoms with Crippen LogP contribution in [0.15, 0.2) is 42.6 Å². The number of carbonyl (C=O) groups is 1. The normalized spacial score (nSPS) is 11.6. The zero-order valence-corrected chi connectivity index (χ0v) is 16.9. The molecule has 1 aromatic carbocycles. The van der Waals surface area contributed by atoms with Crippen molar-refractivity contribution in [3.8, 4) is 6.07 Å². The summed E-state index contributed by atoms with van der Waals surface area (Å²) in [5, 5.41) is 28.1. The van der Waals surface area contributed by atoms with Gasteiger partial charge >= 0.3 is 0 Å². The number of amides is 1. The van der Waals surface area contributed by atoms with E-state index in [9.17, 15) is 4.79 Å². The number of rotatable bonds is 5. The lowest BCUT2D eigenvalue weighted by Gasteiger charge is -2.13. The van der Waals surface area contributed by atoms with Crippen molar-refractivity contribution < 1.29 is 4.79 Å². The first kappa shape index (κ1) is 20.0. The van der Waals surface area contributed by atoms with Gasteiger partial charge in [0.25, 0.3) is 5.91 Å². The molecule has 31 heavy (non-hydrogen) atoms. The quantitative estimate of drug-likeness (QED) is 0.427.